The Morgan fingerprint density at radius 2 is 1.77 bits per heavy atom. The zero-order chi connectivity index (χ0) is 28.2. The van der Waals surface area contributed by atoms with Crippen LogP contribution < -0.4 is 16.0 Å². The second kappa shape index (κ2) is 11.6. The van der Waals surface area contributed by atoms with Gasteiger partial charge in [0.25, 0.3) is 5.91 Å². The zero-order valence-corrected chi connectivity index (χ0v) is 23.3. The molecule has 3 heterocycles. The van der Waals surface area contributed by atoms with Gasteiger partial charge >= 0.3 is 6.09 Å². The van der Waals surface area contributed by atoms with Crippen molar-refractivity contribution >= 4 is 68.5 Å². The summed E-state index contributed by atoms with van der Waals surface area (Å²) in [5.41, 5.74) is 3.03. The summed E-state index contributed by atoms with van der Waals surface area (Å²) in [5.74, 6) is 0.478. The number of aromatic nitrogens is 5. The van der Waals surface area contributed by atoms with Gasteiger partial charge in [-0.15, -0.1) is 10.2 Å². The average Bonchev–Trinajstić information content (AvgIpc) is 3.34. The van der Waals surface area contributed by atoms with Gasteiger partial charge in [0.15, 0.2) is 5.65 Å². The minimum absolute atomic E-state index is 0.253. The molecule has 2 aromatic carbocycles. The van der Waals surface area contributed by atoms with Crippen molar-refractivity contribution in [2.45, 2.75) is 36.5 Å². The highest BCUT2D eigenvalue weighted by atomic mass is 32.2. The number of nitrogens with one attached hydrogen (secondary N) is 3. The first kappa shape index (κ1) is 27.0. The molecule has 3 aromatic heterocycles. The third-order valence-corrected chi connectivity index (χ3v) is 7.52. The number of carbonyl (C=O) groups is 2. The van der Waals surface area contributed by atoms with Gasteiger partial charge in [0.2, 0.25) is 5.13 Å². The summed E-state index contributed by atoms with van der Waals surface area (Å²) in [6.07, 6.45) is 0.327. The maximum atomic E-state index is 13.0. The Bertz CT molecular complexity index is 1710. The first-order chi connectivity index (χ1) is 19.2. The van der Waals surface area contributed by atoms with Crippen molar-refractivity contribution in [1.29, 1.82) is 0 Å². The molecule has 0 atom stereocenters. The molecule has 13 heteroatoms. The average molecular weight is 573 g/mol. The third-order valence-electron chi connectivity index (χ3n) is 5.68. The molecule has 0 fully saturated rings. The van der Waals surface area contributed by atoms with E-state index in [2.05, 4.69) is 54.9 Å². The van der Waals surface area contributed by atoms with Gasteiger partial charge in [0, 0.05) is 26.7 Å². The second-order valence-electron chi connectivity index (χ2n) is 8.96. The van der Waals surface area contributed by atoms with E-state index in [1.807, 2.05) is 37.3 Å². The third kappa shape index (κ3) is 6.33. The van der Waals surface area contributed by atoms with Crippen molar-refractivity contribution in [3.8, 4) is 0 Å². The van der Waals surface area contributed by atoms with Gasteiger partial charge in [0.1, 0.15) is 17.2 Å². The topological polar surface area (TPSA) is 155 Å². The molecule has 5 rings (SSSR count). The molecule has 5 aromatic rings. The van der Waals surface area contributed by atoms with Gasteiger partial charge in [-0.3, -0.25) is 15.4 Å². The number of amides is 2. The maximum Gasteiger partial charge on any atom is 0.409 e. The quantitative estimate of drug-likeness (QED) is 0.161. The smallest absolute Gasteiger partial charge is 0.409 e. The number of carbonyl (C=O) groups excluding carboxylic acids is 1. The Morgan fingerprint density at radius 1 is 0.975 bits per heavy atom. The molecule has 0 radical (unpaired) electrons. The molecule has 40 heavy (non-hydrogen) atoms. The number of hydrogen-bond acceptors (Lipinski definition) is 10. The van der Waals surface area contributed by atoms with Gasteiger partial charge in [-0.25, -0.2) is 19.7 Å². The number of hydrogen-bond donors (Lipinski definition) is 4. The fourth-order valence-electron chi connectivity index (χ4n) is 3.74. The molecule has 0 aliphatic carbocycles. The first-order valence-electron chi connectivity index (χ1n) is 12.2. The van der Waals surface area contributed by atoms with Crippen LogP contribution in [0.3, 0.4) is 0 Å². The number of carboxylic acid groups (broad SMARTS) is 1. The van der Waals surface area contributed by atoms with Crippen LogP contribution in [-0.4, -0.2) is 42.3 Å². The van der Waals surface area contributed by atoms with E-state index in [9.17, 15) is 9.59 Å². The van der Waals surface area contributed by atoms with E-state index in [1.165, 1.54) is 29.4 Å². The monoisotopic (exact) mass is 572 g/mol. The normalized spacial score (nSPS) is 11.0. The van der Waals surface area contributed by atoms with Crippen LogP contribution in [0.1, 0.15) is 40.8 Å². The lowest BCUT2D eigenvalue weighted by Gasteiger charge is -2.15. The Hall–Kier alpha value is -4.62. The minimum atomic E-state index is -1.13. The van der Waals surface area contributed by atoms with Crippen LogP contribution in [0.2, 0.25) is 0 Å². The molecular weight excluding hydrogens is 548 g/mol. The number of anilines is 4. The number of aryl methyl sites for hydroxylation is 1. The summed E-state index contributed by atoms with van der Waals surface area (Å²) < 4.78 is 0. The number of benzene rings is 2. The largest absolute Gasteiger partial charge is 0.465 e. The standard InChI is InChI=1S/C27H24N8O3S2/c1-14(2)20-10-9-19-23(31-20)28-13-29-24(19)32-21-12-16(25(36)33-26-35-34-15(3)39-26)4-11-22(21)40-18-7-5-17(6-8-18)30-27(37)38/h4-14,30H,1-3H3,(H,37,38)(H,33,35,36)(H,28,29,31,32). The van der Waals surface area contributed by atoms with Gasteiger partial charge < -0.3 is 10.4 Å². The predicted octanol–water partition coefficient (Wildman–Crippen LogP) is 6.55. The van der Waals surface area contributed by atoms with Crippen LogP contribution in [0, 0.1) is 6.92 Å². The van der Waals surface area contributed by atoms with Crippen molar-refractivity contribution in [3.63, 3.8) is 0 Å². The number of nitrogens with zero attached hydrogens (tertiary/aromatic N) is 5. The highest BCUT2D eigenvalue weighted by Gasteiger charge is 2.16. The lowest BCUT2D eigenvalue weighted by Crippen LogP contribution is -2.12. The van der Waals surface area contributed by atoms with Crippen LogP contribution in [-0.2, 0) is 0 Å². The number of pyridine rings is 1. The molecule has 0 aliphatic heterocycles. The molecule has 0 saturated carbocycles. The van der Waals surface area contributed by atoms with E-state index in [4.69, 9.17) is 5.11 Å². The van der Waals surface area contributed by atoms with Gasteiger partial charge in [-0.05, 0) is 67.4 Å². The molecule has 0 bridgehead atoms. The Kier molecular flexibility index (Phi) is 7.84. The van der Waals surface area contributed by atoms with Crippen molar-refractivity contribution in [2.24, 2.45) is 0 Å². The van der Waals surface area contributed by atoms with Gasteiger partial charge in [0.05, 0.1) is 11.1 Å². The molecule has 2 amide bonds. The van der Waals surface area contributed by atoms with Crippen LogP contribution in [0.5, 0.6) is 0 Å². The highest BCUT2D eigenvalue weighted by Crippen LogP contribution is 2.37. The maximum absolute atomic E-state index is 13.0. The summed E-state index contributed by atoms with van der Waals surface area (Å²) >= 11 is 2.74. The zero-order valence-electron chi connectivity index (χ0n) is 21.7. The lowest BCUT2D eigenvalue weighted by molar-refractivity contribution is 0.102. The van der Waals surface area contributed by atoms with Crippen LogP contribution in [0.4, 0.5) is 27.1 Å². The van der Waals surface area contributed by atoms with Gasteiger partial charge in [-0.1, -0.05) is 36.9 Å². The van der Waals surface area contributed by atoms with Crippen molar-refractivity contribution in [2.75, 3.05) is 16.0 Å². The predicted molar refractivity (Wildman–Crippen MR) is 156 cm³/mol. The number of rotatable bonds is 8. The van der Waals surface area contributed by atoms with E-state index in [0.717, 1.165) is 25.9 Å². The number of fused-ring (bicyclic) bond motifs is 1. The summed E-state index contributed by atoms with van der Waals surface area (Å²) in [4.78, 5) is 39.1. The van der Waals surface area contributed by atoms with Crippen LogP contribution in [0.25, 0.3) is 11.0 Å². The van der Waals surface area contributed by atoms with Crippen molar-refractivity contribution in [3.05, 3.63) is 77.2 Å². The van der Waals surface area contributed by atoms with E-state index in [1.54, 1.807) is 24.3 Å². The molecule has 0 spiro atoms. The summed E-state index contributed by atoms with van der Waals surface area (Å²) in [5, 5.41) is 27.3. The highest BCUT2D eigenvalue weighted by molar-refractivity contribution is 7.99. The van der Waals surface area contributed by atoms with Crippen LogP contribution in [0.15, 0.2) is 70.7 Å². The van der Waals surface area contributed by atoms with Crippen molar-refractivity contribution < 1.29 is 14.7 Å². The fourth-order valence-corrected chi connectivity index (χ4v) is 5.21. The Balaban J connectivity index is 1.49. The molecule has 0 unspecified atom stereocenters. The molecular formula is C27H24N8O3S2. The first-order valence-corrected chi connectivity index (χ1v) is 13.8. The Morgan fingerprint density at radius 3 is 2.48 bits per heavy atom. The van der Waals surface area contributed by atoms with E-state index < -0.39 is 6.09 Å². The molecule has 11 nitrogen and oxygen atoms in total. The van der Waals surface area contributed by atoms with E-state index in [-0.39, 0.29) is 11.8 Å². The van der Waals surface area contributed by atoms with E-state index >= 15 is 0 Å². The molecule has 4 N–H and O–H groups in total. The minimum Gasteiger partial charge on any atom is -0.465 e. The van der Waals surface area contributed by atoms with E-state index in [0.29, 0.717) is 33.5 Å². The van der Waals surface area contributed by atoms with Gasteiger partial charge in [-0.2, -0.15) is 0 Å². The Labute approximate surface area is 237 Å². The van der Waals surface area contributed by atoms with Crippen molar-refractivity contribution in [1.82, 2.24) is 25.1 Å². The SMILES string of the molecule is Cc1nnc(NC(=O)c2ccc(Sc3ccc(NC(=O)O)cc3)c(Nc3ncnc4nc(C(C)C)ccc34)c2)s1. The summed E-state index contributed by atoms with van der Waals surface area (Å²) in [7, 11) is 0. The molecule has 0 aliphatic rings. The summed E-state index contributed by atoms with van der Waals surface area (Å²) in [6.45, 7) is 5.96. The summed E-state index contributed by atoms with van der Waals surface area (Å²) in [6, 6.07) is 16.2. The van der Waals surface area contributed by atoms with Crippen LogP contribution >= 0.6 is 23.1 Å². The molecule has 0 saturated heterocycles. The molecule has 202 valence electrons. The fraction of sp³-hybridized carbons (Fsp3) is 0.148. The second-order valence-corrected chi connectivity index (χ2v) is 11.3. The lowest BCUT2D eigenvalue weighted by atomic mass is 10.1.